The summed E-state index contributed by atoms with van der Waals surface area (Å²) in [6, 6.07) is -0.160. The molecule has 0 unspecified atom stereocenters. The third kappa shape index (κ3) is 41.7. The third-order valence-corrected chi connectivity index (χ3v) is 7.75. The fourth-order valence-electron chi connectivity index (χ4n) is 5.01. The zero-order valence-electron chi connectivity index (χ0n) is 27.0. The van der Waals surface area contributed by atoms with Gasteiger partial charge in [-0.25, -0.2) is 0 Å². The minimum atomic E-state index is -0.657. The molecule has 0 heterocycles. The van der Waals surface area contributed by atoms with Crippen LogP contribution in [0.4, 0.5) is 0 Å². The van der Waals surface area contributed by atoms with Gasteiger partial charge in [0.2, 0.25) is 0 Å². The quantitative estimate of drug-likeness (QED) is 0.0950. The van der Waals surface area contributed by atoms with Gasteiger partial charge in [0.25, 0.3) is 0 Å². The molecule has 6 nitrogen and oxygen atoms in total. The fraction of sp³-hybridized carbons (Fsp3) is 0.941. The average Bonchev–Trinajstić information content (AvgIpc) is 2.92. The van der Waals surface area contributed by atoms with Crippen LogP contribution in [0, 0.1) is 0 Å². The summed E-state index contributed by atoms with van der Waals surface area (Å²) in [4.78, 5) is 20.5. The molecule has 1 aliphatic carbocycles. The molecule has 248 valence electrons. The first-order valence-corrected chi connectivity index (χ1v) is 17.2. The predicted octanol–water partition coefficient (Wildman–Crippen LogP) is 11.9. The van der Waals surface area contributed by atoms with Crippen LogP contribution in [0.1, 0.15) is 194 Å². The summed E-state index contributed by atoms with van der Waals surface area (Å²) < 4.78 is 0. The van der Waals surface area contributed by atoms with E-state index in [1.165, 1.54) is 128 Å². The number of carbonyl (C=O) groups is 2. The van der Waals surface area contributed by atoms with Gasteiger partial charge in [0, 0.05) is 12.8 Å². The van der Waals surface area contributed by atoms with E-state index in [0.29, 0.717) is 12.8 Å². The van der Waals surface area contributed by atoms with Crippen molar-refractivity contribution in [2.24, 2.45) is 0 Å². The van der Waals surface area contributed by atoms with E-state index in [2.05, 4.69) is 13.8 Å². The minimum Gasteiger partial charge on any atom is -0.676 e. The van der Waals surface area contributed by atoms with Crippen molar-refractivity contribution in [3.8, 4) is 0 Å². The van der Waals surface area contributed by atoms with Gasteiger partial charge in [-0.2, -0.15) is 12.1 Å². The fourth-order valence-corrected chi connectivity index (χ4v) is 5.01. The molecule has 1 rings (SSSR count). The Labute approximate surface area is 269 Å². The van der Waals surface area contributed by atoms with Gasteiger partial charge in [0.15, 0.2) is 0 Å². The van der Waals surface area contributed by atoms with Crippen molar-refractivity contribution in [3.05, 3.63) is 11.5 Å². The Morgan fingerprint density at radius 3 is 0.902 bits per heavy atom. The SMILES string of the molecule is CCCCCCCCCCCCCC(=O)O.CCCCCCCCCCCCCC(=O)O.[NH-][C@@H]1CCCC[C@H]1[NH-].[Pt+2]. The van der Waals surface area contributed by atoms with Crippen molar-refractivity contribution in [2.45, 2.75) is 206 Å². The van der Waals surface area contributed by atoms with Gasteiger partial charge in [0.1, 0.15) is 0 Å². The summed E-state index contributed by atoms with van der Waals surface area (Å²) >= 11 is 0. The molecule has 0 radical (unpaired) electrons. The monoisotopic (exact) mass is 763 g/mol. The summed E-state index contributed by atoms with van der Waals surface area (Å²) in [5.74, 6) is -1.31. The number of carboxylic acids is 2. The van der Waals surface area contributed by atoms with E-state index in [1.807, 2.05) is 0 Å². The van der Waals surface area contributed by atoms with Crippen molar-refractivity contribution in [3.63, 3.8) is 0 Å². The summed E-state index contributed by atoms with van der Waals surface area (Å²) in [5.41, 5.74) is 14.6. The van der Waals surface area contributed by atoms with Gasteiger partial charge >= 0.3 is 33.0 Å². The Balaban J connectivity index is -0.000000548. The zero-order valence-corrected chi connectivity index (χ0v) is 29.3. The van der Waals surface area contributed by atoms with Crippen LogP contribution >= 0.6 is 0 Å². The van der Waals surface area contributed by atoms with Crippen LogP contribution in [0.15, 0.2) is 0 Å². The topological polar surface area (TPSA) is 122 Å². The first kappa shape index (κ1) is 45.0. The average molecular weight is 764 g/mol. The molecular weight excluding hydrogens is 695 g/mol. The van der Waals surface area contributed by atoms with Gasteiger partial charge in [-0.1, -0.05) is 168 Å². The first-order valence-electron chi connectivity index (χ1n) is 17.2. The molecule has 1 fully saturated rings. The molecule has 1 saturated carbocycles. The van der Waals surface area contributed by atoms with Crippen LogP contribution in [-0.4, -0.2) is 34.2 Å². The standard InChI is InChI=1S/2C14H28O2.C6H12N2.Pt/c2*1-2-3-4-5-6-7-8-9-10-11-12-13-14(15)16;7-5-3-1-2-4-6(5)8;/h2*2-13H2,1H3,(H,15,16);5-8H,1-4H2;/q;;-2;+2/t;;5-,6-;/m..1./s1. The van der Waals surface area contributed by atoms with E-state index in [0.717, 1.165) is 38.5 Å². The summed E-state index contributed by atoms with van der Waals surface area (Å²) in [7, 11) is 0. The molecule has 0 bridgehead atoms. The van der Waals surface area contributed by atoms with E-state index in [9.17, 15) is 9.59 Å². The van der Waals surface area contributed by atoms with Crippen LogP contribution < -0.4 is 0 Å². The van der Waals surface area contributed by atoms with Gasteiger partial charge in [-0.05, 0) is 12.8 Å². The smallest absolute Gasteiger partial charge is 0.676 e. The maximum Gasteiger partial charge on any atom is 2.00 e. The molecular formula is C34H68N2O4Pt. The Morgan fingerprint density at radius 1 is 0.488 bits per heavy atom. The van der Waals surface area contributed by atoms with Gasteiger partial charge in [-0.15, -0.1) is 0 Å². The summed E-state index contributed by atoms with van der Waals surface area (Å²) in [5, 5.41) is 16.9. The Morgan fingerprint density at radius 2 is 0.707 bits per heavy atom. The number of carboxylic acid groups (broad SMARTS) is 2. The van der Waals surface area contributed by atoms with Crippen molar-refractivity contribution in [1.29, 1.82) is 0 Å². The molecule has 0 amide bonds. The minimum absolute atomic E-state index is 0. The van der Waals surface area contributed by atoms with E-state index in [4.69, 9.17) is 21.7 Å². The second-order valence-electron chi connectivity index (χ2n) is 11.9. The van der Waals surface area contributed by atoms with Crippen molar-refractivity contribution < 1.29 is 40.9 Å². The normalized spacial score (nSPS) is 16.0. The first-order chi connectivity index (χ1) is 19.3. The van der Waals surface area contributed by atoms with Crippen LogP contribution in [-0.2, 0) is 30.7 Å². The second kappa shape index (κ2) is 37.6. The van der Waals surface area contributed by atoms with Crippen LogP contribution in [0.3, 0.4) is 0 Å². The number of aliphatic carboxylic acids is 2. The largest absolute Gasteiger partial charge is 2.00 e. The van der Waals surface area contributed by atoms with E-state index >= 15 is 0 Å². The maximum absolute atomic E-state index is 10.3. The molecule has 4 N–H and O–H groups in total. The van der Waals surface area contributed by atoms with Gasteiger partial charge in [-0.3, -0.25) is 9.59 Å². The summed E-state index contributed by atoms with van der Waals surface area (Å²) in [6.07, 6.45) is 33.0. The van der Waals surface area contributed by atoms with Crippen LogP contribution in [0.2, 0.25) is 0 Å². The van der Waals surface area contributed by atoms with Gasteiger partial charge < -0.3 is 21.7 Å². The number of nitrogens with one attached hydrogen (secondary N) is 2. The number of hydrogen-bond donors (Lipinski definition) is 2. The zero-order chi connectivity index (χ0) is 30.1. The Bertz CT molecular complexity index is 491. The maximum atomic E-state index is 10.3. The Hall–Kier alpha value is -0.452. The molecule has 2 atom stereocenters. The van der Waals surface area contributed by atoms with Crippen molar-refractivity contribution in [1.82, 2.24) is 0 Å². The summed E-state index contributed by atoms with van der Waals surface area (Å²) in [6.45, 7) is 4.49. The number of rotatable bonds is 24. The van der Waals surface area contributed by atoms with E-state index in [-0.39, 0.29) is 33.1 Å². The van der Waals surface area contributed by atoms with E-state index in [1.54, 1.807) is 0 Å². The number of unbranched alkanes of at least 4 members (excludes halogenated alkanes) is 20. The molecule has 0 aromatic carbocycles. The molecule has 0 aromatic rings. The Kier molecular flexibility index (Phi) is 41.2. The second-order valence-corrected chi connectivity index (χ2v) is 11.9. The molecule has 0 spiro atoms. The van der Waals surface area contributed by atoms with Crippen molar-refractivity contribution in [2.75, 3.05) is 0 Å². The molecule has 0 saturated heterocycles. The van der Waals surface area contributed by atoms with Crippen LogP contribution in [0.5, 0.6) is 0 Å². The van der Waals surface area contributed by atoms with Crippen LogP contribution in [0.25, 0.3) is 11.5 Å². The third-order valence-electron chi connectivity index (χ3n) is 7.75. The molecule has 1 aliphatic rings. The molecule has 7 heteroatoms. The molecule has 0 aromatic heterocycles. The molecule has 41 heavy (non-hydrogen) atoms. The molecule has 0 aliphatic heterocycles. The van der Waals surface area contributed by atoms with Crippen molar-refractivity contribution >= 4 is 11.9 Å². The predicted molar refractivity (Wildman–Crippen MR) is 172 cm³/mol. The van der Waals surface area contributed by atoms with E-state index < -0.39 is 11.9 Å². The number of hydrogen-bond acceptors (Lipinski definition) is 2. The van der Waals surface area contributed by atoms with Gasteiger partial charge in [0.05, 0.1) is 0 Å².